The van der Waals surface area contributed by atoms with E-state index in [9.17, 15) is 0 Å². The predicted molar refractivity (Wildman–Crippen MR) is 55.0 cm³/mol. The van der Waals surface area contributed by atoms with E-state index >= 15 is 0 Å². The maximum atomic E-state index is 2.50. The number of hydrogen-bond acceptors (Lipinski definition) is 0. The van der Waals surface area contributed by atoms with Crippen molar-refractivity contribution in [2.45, 2.75) is 26.7 Å². The molecule has 0 aliphatic rings. The van der Waals surface area contributed by atoms with Crippen LogP contribution in [0, 0.1) is 0 Å². The quantitative estimate of drug-likeness (QED) is 0.557. The van der Waals surface area contributed by atoms with Crippen molar-refractivity contribution in [1.82, 2.24) is 0 Å². The third kappa shape index (κ3) is 4.28. The van der Waals surface area contributed by atoms with Crippen LogP contribution in [0.15, 0.2) is 0 Å². The van der Waals surface area contributed by atoms with E-state index in [1.54, 1.807) is 0 Å². The average molecular weight is 162 g/mol. The molecule has 0 saturated carbocycles. The van der Waals surface area contributed by atoms with Gasteiger partial charge in [-0.2, -0.15) is 0 Å². The Morgan fingerprint density at radius 2 is 1.50 bits per heavy atom. The molecule has 0 aromatic carbocycles. The molecule has 1 heteroatoms. The van der Waals surface area contributed by atoms with Gasteiger partial charge in [0, 0.05) is 0 Å². The van der Waals surface area contributed by atoms with Gasteiger partial charge in [0.1, 0.15) is 0 Å². The summed E-state index contributed by atoms with van der Waals surface area (Å²) < 4.78 is 0. The van der Waals surface area contributed by atoms with E-state index < -0.39 is 6.60 Å². The molecule has 0 aliphatic carbocycles. The summed E-state index contributed by atoms with van der Waals surface area (Å²) in [6.07, 6.45) is 5.67. The van der Waals surface area contributed by atoms with Crippen molar-refractivity contribution in [1.29, 1.82) is 0 Å². The van der Waals surface area contributed by atoms with Crippen LogP contribution < -0.4 is 0 Å². The molecule has 0 aromatic rings. The molecule has 0 saturated heterocycles. The van der Waals surface area contributed by atoms with Crippen LogP contribution in [0.4, 0.5) is 0 Å². The van der Waals surface area contributed by atoms with Crippen LogP contribution in [0.25, 0.3) is 0 Å². The molecule has 0 rings (SSSR count). The van der Waals surface area contributed by atoms with Crippen LogP contribution in [0.1, 0.15) is 26.7 Å². The van der Waals surface area contributed by atoms with Crippen LogP contribution in [-0.4, -0.2) is 32.3 Å². The van der Waals surface area contributed by atoms with Gasteiger partial charge in [-0.05, 0) is 0 Å². The molecule has 0 spiro atoms. The average Bonchev–Trinajstić information content (AvgIpc) is 1.84. The van der Waals surface area contributed by atoms with Crippen LogP contribution >= 0.6 is 6.60 Å². The van der Waals surface area contributed by atoms with Crippen LogP contribution in [-0.2, 0) is 0 Å². The molecule has 0 fully saturated rings. The van der Waals surface area contributed by atoms with Crippen molar-refractivity contribution in [2.24, 2.45) is 0 Å². The third-order valence-corrected chi connectivity index (χ3v) is 6.83. The predicted octanol–water partition coefficient (Wildman–Crippen LogP) is 3.25. The molecule has 0 aromatic heterocycles. The van der Waals surface area contributed by atoms with E-state index in [1.165, 1.54) is 25.2 Å². The van der Waals surface area contributed by atoms with Gasteiger partial charge >= 0.3 is 65.6 Å². The molecule has 0 aliphatic heterocycles. The van der Waals surface area contributed by atoms with E-state index in [0.717, 1.165) is 0 Å². The van der Waals surface area contributed by atoms with Gasteiger partial charge in [0.15, 0.2) is 0 Å². The van der Waals surface area contributed by atoms with E-state index in [0.29, 0.717) is 0 Å². The zero-order valence-corrected chi connectivity index (χ0v) is 9.17. The minimum atomic E-state index is -1.15. The standard InChI is InChI=1S/C9H23P/c1-6-8-9-10(3,4,5)7-2/h6-9H2,1-5H3. The van der Waals surface area contributed by atoms with Gasteiger partial charge in [0.25, 0.3) is 0 Å². The summed E-state index contributed by atoms with van der Waals surface area (Å²) in [7, 11) is 0. The molecule has 0 heterocycles. The van der Waals surface area contributed by atoms with E-state index in [4.69, 9.17) is 0 Å². The van der Waals surface area contributed by atoms with E-state index in [-0.39, 0.29) is 0 Å². The molecular weight excluding hydrogens is 139 g/mol. The van der Waals surface area contributed by atoms with Gasteiger partial charge in [-0.3, -0.25) is 0 Å². The first-order valence-electron chi connectivity index (χ1n) is 4.39. The Hall–Kier alpha value is 0.430. The molecule has 10 heavy (non-hydrogen) atoms. The summed E-state index contributed by atoms with van der Waals surface area (Å²) >= 11 is 0. The van der Waals surface area contributed by atoms with Crippen molar-refractivity contribution in [3.63, 3.8) is 0 Å². The molecule has 64 valence electrons. The van der Waals surface area contributed by atoms with E-state index in [2.05, 4.69) is 33.8 Å². The molecule has 0 nitrogen and oxygen atoms in total. The molecular formula is C9H23P. The van der Waals surface area contributed by atoms with Crippen LogP contribution in [0.3, 0.4) is 0 Å². The summed E-state index contributed by atoms with van der Waals surface area (Å²) in [5.41, 5.74) is 0. The molecule has 0 amide bonds. The summed E-state index contributed by atoms with van der Waals surface area (Å²) in [5, 5.41) is 0. The monoisotopic (exact) mass is 162 g/mol. The number of hydrogen-bond donors (Lipinski definition) is 0. The zero-order chi connectivity index (χ0) is 8.28. The van der Waals surface area contributed by atoms with Crippen molar-refractivity contribution >= 4 is 6.60 Å². The van der Waals surface area contributed by atoms with Gasteiger partial charge in [-0.25, -0.2) is 0 Å². The van der Waals surface area contributed by atoms with Crippen molar-refractivity contribution in [3.05, 3.63) is 0 Å². The second-order valence-corrected chi connectivity index (χ2v) is 12.9. The molecule has 0 unspecified atom stereocenters. The van der Waals surface area contributed by atoms with Crippen molar-refractivity contribution in [2.75, 3.05) is 32.3 Å². The Labute approximate surface area is 66.3 Å². The fourth-order valence-electron chi connectivity index (χ4n) is 0.902. The molecule has 0 bridgehead atoms. The maximum absolute atomic E-state index is 2.50. The van der Waals surface area contributed by atoms with Crippen molar-refractivity contribution < 1.29 is 0 Å². The van der Waals surface area contributed by atoms with Crippen LogP contribution in [0.5, 0.6) is 0 Å². The van der Waals surface area contributed by atoms with Gasteiger partial charge in [-0.1, -0.05) is 0 Å². The van der Waals surface area contributed by atoms with Crippen LogP contribution in [0.2, 0.25) is 0 Å². The number of rotatable bonds is 4. The SMILES string of the molecule is CCCCP(C)(C)(C)CC. The first-order chi connectivity index (χ1) is 4.39. The summed E-state index contributed by atoms with van der Waals surface area (Å²) in [6, 6.07) is 0. The van der Waals surface area contributed by atoms with Gasteiger partial charge in [0.2, 0.25) is 0 Å². The fraction of sp³-hybridized carbons (Fsp3) is 1.00. The Bertz CT molecular complexity index is 97.0. The Morgan fingerprint density at radius 1 is 1.00 bits per heavy atom. The van der Waals surface area contributed by atoms with Gasteiger partial charge in [0.05, 0.1) is 0 Å². The Kier molecular flexibility index (Phi) is 3.36. The fourth-order valence-corrected chi connectivity index (χ4v) is 2.71. The van der Waals surface area contributed by atoms with Gasteiger partial charge < -0.3 is 0 Å². The Balaban J connectivity index is 3.84. The second kappa shape index (κ2) is 3.22. The second-order valence-electron chi connectivity index (χ2n) is 4.86. The normalized spacial score (nSPS) is 16.3. The van der Waals surface area contributed by atoms with Crippen molar-refractivity contribution in [3.8, 4) is 0 Å². The molecule has 0 radical (unpaired) electrons. The molecule has 0 N–H and O–H groups in total. The Morgan fingerprint density at radius 3 is 1.80 bits per heavy atom. The number of unbranched alkanes of at least 4 members (excludes halogenated alkanes) is 1. The minimum absolute atomic E-state index is 1.15. The summed E-state index contributed by atoms with van der Waals surface area (Å²) in [6.45, 7) is 11.0. The third-order valence-electron chi connectivity index (χ3n) is 2.51. The zero-order valence-electron chi connectivity index (χ0n) is 8.28. The molecule has 0 atom stereocenters. The van der Waals surface area contributed by atoms with E-state index in [1.807, 2.05) is 0 Å². The summed E-state index contributed by atoms with van der Waals surface area (Å²) in [4.78, 5) is 0. The first kappa shape index (κ1) is 10.4. The summed E-state index contributed by atoms with van der Waals surface area (Å²) in [5.74, 6) is 0. The topological polar surface area (TPSA) is 0 Å². The first-order valence-corrected chi connectivity index (χ1v) is 8.34. The van der Waals surface area contributed by atoms with Gasteiger partial charge in [-0.15, -0.1) is 0 Å².